The van der Waals surface area contributed by atoms with Crippen molar-refractivity contribution < 1.29 is 0 Å². The van der Waals surface area contributed by atoms with Crippen LogP contribution < -0.4 is 5.32 Å². The molecule has 1 atom stereocenters. The van der Waals surface area contributed by atoms with Gasteiger partial charge in [-0.15, -0.1) is 0 Å². The van der Waals surface area contributed by atoms with Crippen molar-refractivity contribution >= 4 is 0 Å². The van der Waals surface area contributed by atoms with Crippen molar-refractivity contribution in [2.75, 3.05) is 6.54 Å². The summed E-state index contributed by atoms with van der Waals surface area (Å²) < 4.78 is 0. The summed E-state index contributed by atoms with van der Waals surface area (Å²) in [5, 5.41) is 3.42. The predicted molar refractivity (Wildman–Crippen MR) is 48.8 cm³/mol. The van der Waals surface area contributed by atoms with Gasteiger partial charge < -0.3 is 5.32 Å². The van der Waals surface area contributed by atoms with Crippen LogP contribution in [0.25, 0.3) is 0 Å². The SMILES string of the molecule is CC1(C)CNC1c1ccncc1. The van der Waals surface area contributed by atoms with Crippen molar-refractivity contribution in [1.29, 1.82) is 0 Å². The zero-order valence-corrected chi connectivity index (χ0v) is 7.54. The molecule has 0 bridgehead atoms. The van der Waals surface area contributed by atoms with Gasteiger partial charge in [0.2, 0.25) is 0 Å². The van der Waals surface area contributed by atoms with Crippen LogP contribution in [0.15, 0.2) is 24.5 Å². The standard InChI is InChI=1S/C10H14N2/c1-10(2)7-12-9(10)8-3-5-11-6-4-8/h3-6,9,12H,7H2,1-2H3. The van der Waals surface area contributed by atoms with Crippen LogP contribution in [-0.4, -0.2) is 11.5 Å². The maximum atomic E-state index is 4.01. The second-order valence-electron chi connectivity index (χ2n) is 4.08. The minimum absolute atomic E-state index is 0.404. The molecule has 1 saturated heterocycles. The van der Waals surface area contributed by atoms with E-state index in [0.717, 1.165) is 6.54 Å². The first kappa shape index (κ1) is 7.74. The molecule has 2 nitrogen and oxygen atoms in total. The minimum Gasteiger partial charge on any atom is -0.309 e. The highest BCUT2D eigenvalue weighted by Gasteiger charge is 2.38. The summed E-state index contributed by atoms with van der Waals surface area (Å²) in [6.45, 7) is 5.68. The molecule has 1 aliphatic rings. The molecule has 0 aromatic carbocycles. The Kier molecular flexibility index (Phi) is 1.65. The van der Waals surface area contributed by atoms with E-state index >= 15 is 0 Å². The maximum Gasteiger partial charge on any atom is 0.0385 e. The van der Waals surface area contributed by atoms with Gasteiger partial charge in [0.25, 0.3) is 0 Å². The fraction of sp³-hybridized carbons (Fsp3) is 0.500. The zero-order valence-electron chi connectivity index (χ0n) is 7.54. The summed E-state index contributed by atoms with van der Waals surface area (Å²) in [5.74, 6) is 0. The molecule has 0 amide bonds. The molecule has 1 aromatic heterocycles. The Hall–Kier alpha value is -0.890. The van der Waals surface area contributed by atoms with E-state index in [1.807, 2.05) is 12.4 Å². The summed E-state index contributed by atoms with van der Waals surface area (Å²) in [6, 6.07) is 4.68. The van der Waals surface area contributed by atoms with Gasteiger partial charge in [-0.05, 0) is 23.1 Å². The second-order valence-corrected chi connectivity index (χ2v) is 4.08. The van der Waals surface area contributed by atoms with Crippen molar-refractivity contribution in [3.63, 3.8) is 0 Å². The van der Waals surface area contributed by atoms with E-state index in [9.17, 15) is 0 Å². The molecule has 1 aromatic rings. The lowest BCUT2D eigenvalue weighted by molar-refractivity contribution is 0.128. The molecule has 0 aliphatic carbocycles. The molecular weight excluding hydrogens is 148 g/mol. The molecule has 1 unspecified atom stereocenters. The van der Waals surface area contributed by atoms with Gasteiger partial charge in [0.1, 0.15) is 0 Å². The van der Waals surface area contributed by atoms with Gasteiger partial charge in [-0.3, -0.25) is 4.98 Å². The van der Waals surface area contributed by atoms with Crippen LogP contribution in [0.5, 0.6) is 0 Å². The Balaban J connectivity index is 2.22. The molecule has 1 N–H and O–H groups in total. The van der Waals surface area contributed by atoms with Gasteiger partial charge in [0.05, 0.1) is 0 Å². The van der Waals surface area contributed by atoms with Crippen LogP contribution in [0.2, 0.25) is 0 Å². The average Bonchev–Trinajstić information content (AvgIpc) is 2.05. The zero-order chi connectivity index (χ0) is 8.60. The minimum atomic E-state index is 0.404. The number of pyridine rings is 1. The average molecular weight is 162 g/mol. The Morgan fingerprint density at radius 1 is 1.42 bits per heavy atom. The Morgan fingerprint density at radius 2 is 2.08 bits per heavy atom. The topological polar surface area (TPSA) is 24.9 Å². The highest BCUT2D eigenvalue weighted by Crippen LogP contribution is 2.39. The number of nitrogens with zero attached hydrogens (tertiary/aromatic N) is 1. The second kappa shape index (κ2) is 2.56. The Labute approximate surface area is 73.0 Å². The molecule has 1 fully saturated rings. The van der Waals surface area contributed by atoms with Crippen LogP contribution in [0.3, 0.4) is 0 Å². The summed E-state index contributed by atoms with van der Waals surface area (Å²) >= 11 is 0. The van der Waals surface area contributed by atoms with Crippen LogP contribution in [0, 0.1) is 5.41 Å². The number of aromatic nitrogens is 1. The van der Waals surface area contributed by atoms with E-state index in [4.69, 9.17) is 0 Å². The molecule has 2 heterocycles. The maximum absolute atomic E-state index is 4.01. The number of hydrogen-bond donors (Lipinski definition) is 1. The van der Waals surface area contributed by atoms with Crippen LogP contribution >= 0.6 is 0 Å². The first-order valence-electron chi connectivity index (χ1n) is 4.33. The van der Waals surface area contributed by atoms with Crippen molar-refractivity contribution in [3.05, 3.63) is 30.1 Å². The monoisotopic (exact) mass is 162 g/mol. The van der Waals surface area contributed by atoms with Gasteiger partial charge in [0, 0.05) is 25.0 Å². The Bertz CT molecular complexity index is 266. The lowest BCUT2D eigenvalue weighted by Crippen LogP contribution is -2.52. The van der Waals surface area contributed by atoms with Gasteiger partial charge in [-0.2, -0.15) is 0 Å². The fourth-order valence-corrected chi connectivity index (χ4v) is 1.74. The van der Waals surface area contributed by atoms with E-state index in [1.165, 1.54) is 5.56 Å². The van der Waals surface area contributed by atoms with Crippen molar-refractivity contribution in [2.45, 2.75) is 19.9 Å². The molecule has 2 rings (SSSR count). The fourth-order valence-electron chi connectivity index (χ4n) is 1.74. The normalized spacial score (nSPS) is 26.3. The predicted octanol–water partition coefficient (Wildman–Crippen LogP) is 1.75. The molecule has 2 heteroatoms. The quantitative estimate of drug-likeness (QED) is 0.680. The van der Waals surface area contributed by atoms with Gasteiger partial charge in [-0.25, -0.2) is 0 Å². The summed E-state index contributed by atoms with van der Waals surface area (Å²) in [4.78, 5) is 4.01. The van der Waals surface area contributed by atoms with Crippen molar-refractivity contribution in [1.82, 2.24) is 10.3 Å². The molecule has 1 aliphatic heterocycles. The Morgan fingerprint density at radius 3 is 2.50 bits per heavy atom. The lowest BCUT2D eigenvalue weighted by atomic mass is 9.74. The van der Waals surface area contributed by atoms with Gasteiger partial charge >= 0.3 is 0 Å². The molecule has 0 saturated carbocycles. The summed E-state index contributed by atoms with van der Waals surface area (Å²) in [5.41, 5.74) is 1.75. The van der Waals surface area contributed by atoms with E-state index < -0.39 is 0 Å². The van der Waals surface area contributed by atoms with Crippen molar-refractivity contribution in [2.24, 2.45) is 5.41 Å². The van der Waals surface area contributed by atoms with Crippen molar-refractivity contribution in [3.8, 4) is 0 Å². The van der Waals surface area contributed by atoms with E-state index in [2.05, 4.69) is 36.3 Å². The number of nitrogens with one attached hydrogen (secondary N) is 1. The number of rotatable bonds is 1. The molecule has 64 valence electrons. The largest absolute Gasteiger partial charge is 0.309 e. The van der Waals surface area contributed by atoms with Crippen LogP contribution in [0.4, 0.5) is 0 Å². The molecular formula is C10H14N2. The summed E-state index contributed by atoms with van der Waals surface area (Å²) in [6.07, 6.45) is 3.71. The highest BCUT2D eigenvalue weighted by atomic mass is 15.0. The highest BCUT2D eigenvalue weighted by molar-refractivity contribution is 5.21. The first-order valence-corrected chi connectivity index (χ1v) is 4.33. The third-order valence-corrected chi connectivity index (χ3v) is 2.58. The van der Waals surface area contributed by atoms with E-state index in [-0.39, 0.29) is 0 Å². The van der Waals surface area contributed by atoms with Gasteiger partial charge in [0.15, 0.2) is 0 Å². The van der Waals surface area contributed by atoms with E-state index in [0.29, 0.717) is 11.5 Å². The van der Waals surface area contributed by atoms with E-state index in [1.54, 1.807) is 0 Å². The number of hydrogen-bond acceptors (Lipinski definition) is 2. The smallest absolute Gasteiger partial charge is 0.0385 e. The van der Waals surface area contributed by atoms with Crippen LogP contribution in [0.1, 0.15) is 25.5 Å². The van der Waals surface area contributed by atoms with Gasteiger partial charge in [-0.1, -0.05) is 13.8 Å². The molecule has 0 spiro atoms. The van der Waals surface area contributed by atoms with Crippen LogP contribution in [-0.2, 0) is 0 Å². The third-order valence-electron chi connectivity index (χ3n) is 2.58. The lowest BCUT2D eigenvalue weighted by Gasteiger charge is -2.46. The molecule has 0 radical (unpaired) electrons. The first-order chi connectivity index (χ1) is 5.70. The third kappa shape index (κ3) is 1.12. The summed E-state index contributed by atoms with van der Waals surface area (Å²) in [7, 11) is 0. The molecule has 12 heavy (non-hydrogen) atoms.